The molecule has 1 fully saturated rings. The fourth-order valence-corrected chi connectivity index (χ4v) is 2.31. The minimum absolute atomic E-state index is 0.121. The molecule has 1 aromatic rings. The summed E-state index contributed by atoms with van der Waals surface area (Å²) in [6.07, 6.45) is 6.55. The first-order valence-corrected chi connectivity index (χ1v) is 6.31. The van der Waals surface area contributed by atoms with Crippen LogP contribution in [0.15, 0.2) is 0 Å². The highest BCUT2D eigenvalue weighted by Gasteiger charge is 2.14. The van der Waals surface area contributed by atoms with E-state index in [1.165, 1.54) is 32.1 Å². The lowest BCUT2D eigenvalue weighted by Crippen LogP contribution is -2.18. The Morgan fingerprint density at radius 2 is 1.88 bits per heavy atom. The molecule has 0 atom stereocenters. The minimum Gasteiger partial charge on any atom is -0.367 e. The molecule has 1 aromatic heterocycles. The number of rotatable bonds is 3. The molecule has 2 rings (SSSR count). The van der Waals surface area contributed by atoms with Gasteiger partial charge in [-0.25, -0.2) is 0 Å². The molecule has 16 heavy (non-hydrogen) atoms. The standard InChI is InChI=1S/C10H14Cl2N4/c11-8-9(14-10(12)16-15-8)13-6-7-4-2-1-3-5-7/h7H,1-6H2,(H,13,14,16). The molecular weight excluding hydrogens is 247 g/mol. The zero-order valence-corrected chi connectivity index (χ0v) is 10.4. The summed E-state index contributed by atoms with van der Waals surface area (Å²) in [5.74, 6) is 1.24. The Hall–Kier alpha value is -0.610. The Kier molecular flexibility index (Phi) is 4.18. The van der Waals surface area contributed by atoms with Crippen molar-refractivity contribution in [2.75, 3.05) is 11.9 Å². The molecule has 0 spiro atoms. The number of hydrogen-bond donors (Lipinski definition) is 1. The summed E-state index contributed by atoms with van der Waals surface area (Å²) in [5.41, 5.74) is 0. The summed E-state index contributed by atoms with van der Waals surface area (Å²) in [7, 11) is 0. The minimum atomic E-state index is 0.121. The smallest absolute Gasteiger partial charge is 0.245 e. The molecule has 0 saturated heterocycles. The number of hydrogen-bond acceptors (Lipinski definition) is 4. The largest absolute Gasteiger partial charge is 0.367 e. The fourth-order valence-electron chi connectivity index (χ4n) is 2.04. The molecule has 0 radical (unpaired) electrons. The van der Waals surface area contributed by atoms with Crippen molar-refractivity contribution >= 4 is 29.0 Å². The van der Waals surface area contributed by atoms with E-state index in [1.54, 1.807) is 0 Å². The van der Waals surface area contributed by atoms with E-state index >= 15 is 0 Å². The van der Waals surface area contributed by atoms with Crippen molar-refractivity contribution in [3.63, 3.8) is 0 Å². The predicted molar refractivity (Wildman–Crippen MR) is 64.9 cm³/mol. The van der Waals surface area contributed by atoms with Gasteiger partial charge in [-0.2, -0.15) is 4.98 Å². The molecule has 1 aliphatic carbocycles. The number of halogens is 2. The van der Waals surface area contributed by atoms with Gasteiger partial charge in [-0.1, -0.05) is 30.9 Å². The summed E-state index contributed by atoms with van der Waals surface area (Å²) in [6, 6.07) is 0. The van der Waals surface area contributed by atoms with Gasteiger partial charge in [0.1, 0.15) is 0 Å². The maximum atomic E-state index is 5.86. The van der Waals surface area contributed by atoms with E-state index in [2.05, 4.69) is 20.5 Å². The van der Waals surface area contributed by atoms with Crippen LogP contribution in [0.4, 0.5) is 5.82 Å². The molecule has 0 aliphatic heterocycles. The molecule has 1 N–H and O–H groups in total. The van der Waals surface area contributed by atoms with Crippen molar-refractivity contribution in [1.29, 1.82) is 0 Å². The lowest BCUT2D eigenvalue weighted by molar-refractivity contribution is 0.373. The van der Waals surface area contributed by atoms with Gasteiger partial charge in [0.15, 0.2) is 11.0 Å². The van der Waals surface area contributed by atoms with Gasteiger partial charge in [0, 0.05) is 6.54 Å². The Bertz CT molecular complexity index is 353. The van der Waals surface area contributed by atoms with Gasteiger partial charge in [-0.15, -0.1) is 10.2 Å². The van der Waals surface area contributed by atoms with Crippen LogP contribution in [0, 0.1) is 5.92 Å². The first-order chi connectivity index (χ1) is 7.75. The predicted octanol–water partition coefficient (Wildman–Crippen LogP) is 3.17. The third kappa shape index (κ3) is 3.19. The Labute approximate surface area is 105 Å². The quantitative estimate of drug-likeness (QED) is 0.907. The maximum absolute atomic E-state index is 5.86. The maximum Gasteiger partial charge on any atom is 0.245 e. The summed E-state index contributed by atoms with van der Waals surface area (Å²) in [5, 5.41) is 10.9. The molecule has 1 saturated carbocycles. The van der Waals surface area contributed by atoms with Gasteiger partial charge < -0.3 is 5.32 Å². The fraction of sp³-hybridized carbons (Fsp3) is 0.700. The van der Waals surface area contributed by atoms with Gasteiger partial charge in [0.25, 0.3) is 0 Å². The monoisotopic (exact) mass is 260 g/mol. The van der Waals surface area contributed by atoms with Gasteiger partial charge in [0.05, 0.1) is 0 Å². The second-order valence-electron chi connectivity index (χ2n) is 4.11. The summed E-state index contributed by atoms with van der Waals surface area (Å²) < 4.78 is 0. The van der Waals surface area contributed by atoms with E-state index in [0.717, 1.165) is 6.54 Å². The van der Waals surface area contributed by atoms with Gasteiger partial charge in [-0.3, -0.25) is 0 Å². The van der Waals surface area contributed by atoms with Crippen molar-refractivity contribution in [3.8, 4) is 0 Å². The van der Waals surface area contributed by atoms with Gasteiger partial charge >= 0.3 is 0 Å². The van der Waals surface area contributed by atoms with Crippen LogP contribution >= 0.6 is 23.2 Å². The highest BCUT2D eigenvalue weighted by atomic mass is 35.5. The molecular formula is C10H14Cl2N4. The van der Waals surface area contributed by atoms with E-state index in [0.29, 0.717) is 11.7 Å². The third-order valence-corrected chi connectivity index (χ3v) is 3.32. The molecule has 88 valence electrons. The van der Waals surface area contributed by atoms with Gasteiger partial charge in [0.2, 0.25) is 5.28 Å². The zero-order chi connectivity index (χ0) is 11.4. The summed E-state index contributed by atoms with van der Waals surface area (Å²) in [4.78, 5) is 4.01. The molecule has 0 aromatic carbocycles. The van der Waals surface area contributed by atoms with E-state index in [4.69, 9.17) is 23.2 Å². The molecule has 1 heterocycles. The highest BCUT2D eigenvalue weighted by molar-refractivity contribution is 6.32. The Morgan fingerprint density at radius 3 is 2.62 bits per heavy atom. The van der Waals surface area contributed by atoms with Crippen molar-refractivity contribution in [2.45, 2.75) is 32.1 Å². The van der Waals surface area contributed by atoms with Crippen LogP contribution < -0.4 is 5.32 Å². The highest BCUT2D eigenvalue weighted by Crippen LogP contribution is 2.24. The molecule has 0 unspecified atom stereocenters. The molecule has 4 nitrogen and oxygen atoms in total. The van der Waals surface area contributed by atoms with E-state index < -0.39 is 0 Å². The first kappa shape index (κ1) is 11.9. The Morgan fingerprint density at radius 1 is 1.12 bits per heavy atom. The van der Waals surface area contributed by atoms with E-state index in [9.17, 15) is 0 Å². The molecule has 6 heteroatoms. The van der Waals surface area contributed by atoms with Crippen molar-refractivity contribution in [3.05, 3.63) is 10.4 Å². The lowest BCUT2D eigenvalue weighted by Gasteiger charge is -2.21. The van der Waals surface area contributed by atoms with Crippen LogP contribution in [0.1, 0.15) is 32.1 Å². The molecule has 0 bridgehead atoms. The topological polar surface area (TPSA) is 50.7 Å². The van der Waals surface area contributed by atoms with Crippen molar-refractivity contribution < 1.29 is 0 Å². The number of nitrogens with zero attached hydrogens (tertiary/aromatic N) is 3. The zero-order valence-electron chi connectivity index (χ0n) is 8.92. The van der Waals surface area contributed by atoms with Crippen LogP contribution in [-0.2, 0) is 0 Å². The third-order valence-electron chi connectivity index (χ3n) is 2.90. The van der Waals surface area contributed by atoms with Crippen LogP contribution in [0.3, 0.4) is 0 Å². The number of aromatic nitrogens is 3. The molecule has 0 amide bonds. The second-order valence-corrected chi connectivity index (χ2v) is 4.80. The number of nitrogens with one attached hydrogen (secondary N) is 1. The van der Waals surface area contributed by atoms with Crippen LogP contribution in [-0.4, -0.2) is 21.7 Å². The van der Waals surface area contributed by atoms with Crippen LogP contribution in [0.2, 0.25) is 10.4 Å². The SMILES string of the molecule is Clc1nnc(Cl)c(NCC2CCCCC2)n1. The van der Waals surface area contributed by atoms with Crippen molar-refractivity contribution in [2.24, 2.45) is 5.92 Å². The van der Waals surface area contributed by atoms with E-state index in [-0.39, 0.29) is 10.4 Å². The average molecular weight is 261 g/mol. The van der Waals surface area contributed by atoms with Crippen molar-refractivity contribution in [1.82, 2.24) is 15.2 Å². The van der Waals surface area contributed by atoms with E-state index in [1.807, 2.05) is 0 Å². The van der Waals surface area contributed by atoms with Crippen LogP contribution in [0.25, 0.3) is 0 Å². The number of anilines is 1. The Balaban J connectivity index is 1.90. The van der Waals surface area contributed by atoms with Gasteiger partial charge in [-0.05, 0) is 30.4 Å². The second kappa shape index (κ2) is 5.64. The average Bonchev–Trinajstić information content (AvgIpc) is 2.32. The summed E-state index contributed by atoms with van der Waals surface area (Å²) >= 11 is 11.5. The molecule has 1 aliphatic rings. The lowest BCUT2D eigenvalue weighted by atomic mass is 9.89. The van der Waals surface area contributed by atoms with Crippen LogP contribution in [0.5, 0.6) is 0 Å². The normalized spacial score (nSPS) is 17.4. The first-order valence-electron chi connectivity index (χ1n) is 5.55. The summed E-state index contributed by atoms with van der Waals surface area (Å²) in [6.45, 7) is 0.884.